The van der Waals surface area contributed by atoms with Crippen LogP contribution in [0.4, 0.5) is 28.0 Å². The minimum Gasteiger partial charge on any atom is -0.490 e. The van der Waals surface area contributed by atoms with Crippen molar-refractivity contribution in [3.63, 3.8) is 0 Å². The van der Waals surface area contributed by atoms with E-state index in [9.17, 15) is 22.4 Å². The normalized spacial score (nSPS) is 19.7. The summed E-state index contributed by atoms with van der Waals surface area (Å²) in [6.07, 6.45) is -1.94. The predicted molar refractivity (Wildman–Crippen MR) is 96.7 cm³/mol. The van der Waals surface area contributed by atoms with E-state index in [2.05, 4.69) is 10.6 Å². The fraction of sp³-hybridized carbons (Fsp3) is 0.350. The molecule has 150 valence electrons. The Labute approximate surface area is 159 Å². The lowest BCUT2D eigenvalue weighted by atomic mass is 9.93. The molecule has 0 heterocycles. The molecule has 0 aromatic heterocycles. The summed E-state index contributed by atoms with van der Waals surface area (Å²) in [6, 6.07) is 9.81. The SMILES string of the molecule is O=C(Nc1ccccc1C(F)(F)F)N[C@H]1CC[C@@H](Oc2ccc(F)cc2)CC1. The molecule has 2 aromatic carbocycles. The number of benzene rings is 2. The van der Waals surface area contributed by atoms with Gasteiger partial charge in [0.15, 0.2) is 0 Å². The van der Waals surface area contributed by atoms with E-state index < -0.39 is 17.8 Å². The van der Waals surface area contributed by atoms with Crippen LogP contribution >= 0.6 is 0 Å². The lowest BCUT2D eigenvalue weighted by Crippen LogP contribution is -2.42. The molecule has 0 aliphatic heterocycles. The van der Waals surface area contributed by atoms with Crippen molar-refractivity contribution in [2.75, 3.05) is 5.32 Å². The third-order valence-corrected chi connectivity index (χ3v) is 4.61. The van der Waals surface area contributed by atoms with Gasteiger partial charge in [-0.1, -0.05) is 12.1 Å². The van der Waals surface area contributed by atoms with Gasteiger partial charge in [-0.2, -0.15) is 13.2 Å². The number of hydrogen-bond donors (Lipinski definition) is 2. The summed E-state index contributed by atoms with van der Waals surface area (Å²) >= 11 is 0. The van der Waals surface area contributed by atoms with Crippen LogP contribution in [0.2, 0.25) is 0 Å². The van der Waals surface area contributed by atoms with Crippen LogP contribution < -0.4 is 15.4 Å². The number of carbonyl (C=O) groups excluding carboxylic acids is 1. The topological polar surface area (TPSA) is 50.4 Å². The summed E-state index contributed by atoms with van der Waals surface area (Å²) in [6.45, 7) is 0. The van der Waals surface area contributed by atoms with Crippen molar-refractivity contribution in [2.24, 2.45) is 0 Å². The van der Waals surface area contributed by atoms with Crippen molar-refractivity contribution in [2.45, 2.75) is 44.0 Å². The fourth-order valence-electron chi connectivity index (χ4n) is 3.21. The van der Waals surface area contributed by atoms with Crippen molar-refractivity contribution >= 4 is 11.7 Å². The first-order valence-electron chi connectivity index (χ1n) is 8.97. The second-order valence-electron chi connectivity index (χ2n) is 6.69. The Bertz CT molecular complexity index is 801. The molecule has 4 nitrogen and oxygen atoms in total. The van der Waals surface area contributed by atoms with Gasteiger partial charge in [-0.3, -0.25) is 0 Å². The molecule has 3 rings (SSSR count). The zero-order valence-corrected chi connectivity index (χ0v) is 14.9. The minimum atomic E-state index is -4.54. The van der Waals surface area contributed by atoms with Gasteiger partial charge in [0.2, 0.25) is 0 Å². The number of para-hydroxylation sites is 1. The Morgan fingerprint density at radius 3 is 2.25 bits per heavy atom. The van der Waals surface area contributed by atoms with Gasteiger partial charge < -0.3 is 15.4 Å². The molecule has 0 radical (unpaired) electrons. The van der Waals surface area contributed by atoms with Gasteiger partial charge in [-0.05, 0) is 62.1 Å². The number of amides is 2. The van der Waals surface area contributed by atoms with Gasteiger partial charge in [0.1, 0.15) is 11.6 Å². The van der Waals surface area contributed by atoms with Crippen molar-refractivity contribution in [1.82, 2.24) is 5.32 Å². The number of anilines is 1. The van der Waals surface area contributed by atoms with E-state index in [-0.39, 0.29) is 23.7 Å². The molecular formula is C20H20F4N2O2. The standard InChI is InChI=1S/C20H20F4N2O2/c21-13-5-9-15(10-6-13)28-16-11-7-14(8-12-16)25-19(27)26-18-4-2-1-3-17(18)20(22,23)24/h1-6,9-10,14,16H,7-8,11-12H2,(H2,25,26,27)/t14-,16+. The second kappa shape index (κ2) is 8.50. The van der Waals surface area contributed by atoms with Crippen LogP contribution in [0.3, 0.4) is 0 Å². The number of nitrogens with one attached hydrogen (secondary N) is 2. The van der Waals surface area contributed by atoms with Crippen LogP contribution in [0.5, 0.6) is 5.75 Å². The van der Waals surface area contributed by atoms with E-state index in [0.717, 1.165) is 6.07 Å². The number of rotatable bonds is 4. The Morgan fingerprint density at radius 1 is 0.964 bits per heavy atom. The van der Waals surface area contributed by atoms with Gasteiger partial charge in [0.25, 0.3) is 0 Å². The summed E-state index contributed by atoms with van der Waals surface area (Å²) in [5, 5.41) is 5.00. The molecule has 28 heavy (non-hydrogen) atoms. The Morgan fingerprint density at radius 2 is 1.61 bits per heavy atom. The first kappa shape index (κ1) is 20.0. The molecular weight excluding hydrogens is 376 g/mol. The average Bonchev–Trinajstić information content (AvgIpc) is 2.65. The molecule has 2 N–H and O–H groups in total. The monoisotopic (exact) mass is 396 g/mol. The maximum Gasteiger partial charge on any atom is 0.418 e. The molecule has 1 aliphatic carbocycles. The van der Waals surface area contributed by atoms with E-state index in [1.165, 1.54) is 30.3 Å². The highest BCUT2D eigenvalue weighted by atomic mass is 19.4. The Hall–Kier alpha value is -2.77. The Kier molecular flexibility index (Phi) is 6.06. The largest absolute Gasteiger partial charge is 0.490 e. The van der Waals surface area contributed by atoms with Gasteiger partial charge in [0, 0.05) is 6.04 Å². The molecule has 0 atom stereocenters. The van der Waals surface area contributed by atoms with E-state index in [0.29, 0.717) is 31.4 Å². The first-order valence-corrected chi connectivity index (χ1v) is 8.97. The van der Waals surface area contributed by atoms with Gasteiger partial charge >= 0.3 is 12.2 Å². The quantitative estimate of drug-likeness (QED) is 0.684. The van der Waals surface area contributed by atoms with Crippen LogP contribution in [-0.4, -0.2) is 18.2 Å². The van der Waals surface area contributed by atoms with Crippen LogP contribution in [0.15, 0.2) is 48.5 Å². The van der Waals surface area contributed by atoms with Gasteiger partial charge in [0.05, 0.1) is 17.4 Å². The molecule has 0 saturated heterocycles. The number of hydrogen-bond acceptors (Lipinski definition) is 2. The van der Waals surface area contributed by atoms with E-state index in [1.807, 2.05) is 0 Å². The maximum atomic E-state index is 13.0. The second-order valence-corrected chi connectivity index (χ2v) is 6.69. The van der Waals surface area contributed by atoms with E-state index >= 15 is 0 Å². The summed E-state index contributed by atoms with van der Waals surface area (Å²) in [7, 11) is 0. The molecule has 8 heteroatoms. The summed E-state index contributed by atoms with van der Waals surface area (Å²) in [5.41, 5.74) is -1.16. The lowest BCUT2D eigenvalue weighted by Gasteiger charge is -2.29. The first-order chi connectivity index (χ1) is 13.3. The van der Waals surface area contributed by atoms with Crippen LogP contribution in [0.1, 0.15) is 31.2 Å². The Balaban J connectivity index is 1.48. The van der Waals surface area contributed by atoms with Gasteiger partial charge in [-0.25, -0.2) is 9.18 Å². The number of alkyl halides is 3. The van der Waals surface area contributed by atoms with Gasteiger partial charge in [-0.15, -0.1) is 0 Å². The number of carbonyl (C=O) groups is 1. The summed E-state index contributed by atoms with van der Waals surface area (Å²) in [5.74, 6) is 0.248. The highest BCUT2D eigenvalue weighted by molar-refractivity contribution is 5.90. The molecule has 1 saturated carbocycles. The molecule has 0 spiro atoms. The third kappa shape index (κ3) is 5.37. The summed E-state index contributed by atoms with van der Waals surface area (Å²) in [4.78, 5) is 12.1. The minimum absolute atomic E-state index is 0.0440. The van der Waals surface area contributed by atoms with Crippen molar-refractivity contribution in [3.05, 3.63) is 59.9 Å². The van der Waals surface area contributed by atoms with Crippen LogP contribution in [0, 0.1) is 5.82 Å². The highest BCUT2D eigenvalue weighted by Gasteiger charge is 2.33. The average molecular weight is 396 g/mol. The third-order valence-electron chi connectivity index (χ3n) is 4.61. The maximum absolute atomic E-state index is 13.0. The zero-order valence-electron chi connectivity index (χ0n) is 14.9. The van der Waals surface area contributed by atoms with E-state index in [4.69, 9.17) is 4.74 Å². The molecule has 1 fully saturated rings. The summed E-state index contributed by atoms with van der Waals surface area (Å²) < 4.78 is 57.7. The molecule has 1 aliphatic rings. The number of ether oxygens (including phenoxy) is 1. The van der Waals surface area contributed by atoms with E-state index in [1.54, 1.807) is 12.1 Å². The van der Waals surface area contributed by atoms with Crippen molar-refractivity contribution < 1.29 is 27.1 Å². The lowest BCUT2D eigenvalue weighted by molar-refractivity contribution is -0.136. The molecule has 0 unspecified atom stereocenters. The molecule has 2 aromatic rings. The van der Waals surface area contributed by atoms with Crippen molar-refractivity contribution in [1.29, 1.82) is 0 Å². The van der Waals surface area contributed by atoms with Crippen LogP contribution in [0.25, 0.3) is 0 Å². The number of urea groups is 1. The fourth-order valence-corrected chi connectivity index (χ4v) is 3.21. The number of halogens is 4. The zero-order chi connectivity index (χ0) is 20.1. The van der Waals surface area contributed by atoms with Crippen LogP contribution in [-0.2, 0) is 6.18 Å². The molecule has 2 amide bonds. The molecule has 0 bridgehead atoms. The highest BCUT2D eigenvalue weighted by Crippen LogP contribution is 2.34. The smallest absolute Gasteiger partial charge is 0.418 e. The van der Waals surface area contributed by atoms with Crippen molar-refractivity contribution in [3.8, 4) is 5.75 Å². The predicted octanol–water partition coefficient (Wildman–Crippen LogP) is 5.36.